The molecule has 0 radical (unpaired) electrons. The second-order valence-corrected chi connectivity index (χ2v) is 5.73. The molecule has 2 heterocycles. The molecule has 1 aromatic rings. The highest BCUT2D eigenvalue weighted by atomic mass is 16.3. The van der Waals surface area contributed by atoms with E-state index in [1.807, 2.05) is 0 Å². The molecule has 1 atom stereocenters. The van der Waals surface area contributed by atoms with Crippen LogP contribution in [0, 0.1) is 0 Å². The number of aliphatic hydroxyl groups is 1. The molecular weight excluding hydrogens is 284 g/mol. The van der Waals surface area contributed by atoms with E-state index in [9.17, 15) is 9.90 Å². The molecular formula is C14H26N6O2. The van der Waals surface area contributed by atoms with Crippen LogP contribution in [-0.4, -0.2) is 69.7 Å². The van der Waals surface area contributed by atoms with Crippen LogP contribution in [-0.2, 0) is 6.54 Å². The maximum absolute atomic E-state index is 11.9. The Kier molecular flexibility index (Phi) is 6.75. The van der Waals surface area contributed by atoms with Gasteiger partial charge in [0.1, 0.15) is 0 Å². The molecule has 4 N–H and O–H groups in total. The predicted molar refractivity (Wildman–Crippen MR) is 82.3 cm³/mol. The van der Waals surface area contributed by atoms with Crippen LogP contribution in [0.2, 0.25) is 0 Å². The lowest BCUT2D eigenvalue weighted by Crippen LogP contribution is -2.40. The molecule has 1 aliphatic rings. The van der Waals surface area contributed by atoms with Crippen molar-refractivity contribution in [3.8, 4) is 0 Å². The zero-order chi connectivity index (χ0) is 15.8. The van der Waals surface area contributed by atoms with E-state index in [0.717, 1.165) is 13.1 Å². The Labute approximate surface area is 130 Å². The van der Waals surface area contributed by atoms with Gasteiger partial charge in [0.2, 0.25) is 0 Å². The number of hydrogen-bond donors (Lipinski definition) is 3. The summed E-state index contributed by atoms with van der Waals surface area (Å²) in [6, 6.07) is 0. The van der Waals surface area contributed by atoms with Gasteiger partial charge in [-0.3, -0.25) is 9.48 Å². The minimum absolute atomic E-state index is 0.221. The van der Waals surface area contributed by atoms with Gasteiger partial charge in [0, 0.05) is 19.6 Å². The molecule has 0 aromatic carbocycles. The highest BCUT2D eigenvalue weighted by Crippen LogP contribution is 2.09. The lowest BCUT2D eigenvalue weighted by atomic mass is 10.2. The van der Waals surface area contributed by atoms with E-state index in [4.69, 9.17) is 5.73 Å². The second kappa shape index (κ2) is 8.82. The number of aliphatic hydroxyl groups excluding tert-OH is 1. The molecule has 2 rings (SSSR count). The summed E-state index contributed by atoms with van der Waals surface area (Å²) < 4.78 is 1.53. The summed E-state index contributed by atoms with van der Waals surface area (Å²) in [5.74, 6) is -0.321. The number of aromatic nitrogens is 3. The number of carbonyl (C=O) groups excluding carboxylic acids is 1. The Morgan fingerprint density at radius 3 is 2.77 bits per heavy atom. The van der Waals surface area contributed by atoms with Crippen LogP contribution >= 0.6 is 0 Å². The van der Waals surface area contributed by atoms with E-state index in [1.54, 1.807) is 6.20 Å². The van der Waals surface area contributed by atoms with Gasteiger partial charge in [0.05, 0.1) is 18.8 Å². The molecule has 1 amide bonds. The average Bonchev–Trinajstić information content (AvgIpc) is 2.82. The van der Waals surface area contributed by atoms with E-state index in [0.29, 0.717) is 19.6 Å². The van der Waals surface area contributed by atoms with Crippen molar-refractivity contribution in [1.29, 1.82) is 0 Å². The molecule has 1 aliphatic heterocycles. The quantitative estimate of drug-likeness (QED) is 0.608. The van der Waals surface area contributed by atoms with Crippen molar-refractivity contribution in [3.63, 3.8) is 0 Å². The van der Waals surface area contributed by atoms with E-state index in [-0.39, 0.29) is 18.1 Å². The summed E-state index contributed by atoms with van der Waals surface area (Å²) in [5.41, 5.74) is 5.66. The van der Waals surface area contributed by atoms with Crippen LogP contribution in [0.15, 0.2) is 6.20 Å². The van der Waals surface area contributed by atoms with Crippen molar-refractivity contribution >= 4 is 5.91 Å². The van der Waals surface area contributed by atoms with Crippen LogP contribution in [0.1, 0.15) is 36.2 Å². The topological polar surface area (TPSA) is 109 Å². The fourth-order valence-corrected chi connectivity index (χ4v) is 2.63. The van der Waals surface area contributed by atoms with Gasteiger partial charge in [-0.15, -0.1) is 5.10 Å². The standard InChI is InChI=1S/C14H26N6O2/c15-5-8-20-11-13(17-18-20)14(22)16-9-12(21)10-19-6-3-1-2-4-7-19/h11-12,21H,1-10,15H2,(H,16,22)/t12-/m1/s1. The second-order valence-electron chi connectivity index (χ2n) is 5.73. The Balaban J connectivity index is 1.72. The first-order valence-corrected chi connectivity index (χ1v) is 7.98. The molecule has 0 aliphatic carbocycles. The number of nitrogens with one attached hydrogen (secondary N) is 1. The van der Waals surface area contributed by atoms with Crippen molar-refractivity contribution in [2.75, 3.05) is 32.7 Å². The number of nitrogens with zero attached hydrogens (tertiary/aromatic N) is 4. The number of β-amino-alcohol motifs (C(OH)–C–C–N with tert-alkyl or cyclic N) is 1. The fraction of sp³-hybridized carbons (Fsp3) is 0.786. The summed E-state index contributed by atoms with van der Waals surface area (Å²) in [7, 11) is 0. The maximum Gasteiger partial charge on any atom is 0.273 e. The third-order valence-corrected chi connectivity index (χ3v) is 3.80. The maximum atomic E-state index is 11.9. The Hall–Kier alpha value is -1.51. The van der Waals surface area contributed by atoms with Crippen LogP contribution in [0.5, 0.6) is 0 Å². The van der Waals surface area contributed by atoms with Gasteiger partial charge < -0.3 is 21.1 Å². The number of carbonyl (C=O) groups is 1. The molecule has 124 valence electrons. The van der Waals surface area contributed by atoms with E-state index in [1.165, 1.54) is 30.4 Å². The molecule has 22 heavy (non-hydrogen) atoms. The zero-order valence-electron chi connectivity index (χ0n) is 12.9. The smallest absolute Gasteiger partial charge is 0.273 e. The summed E-state index contributed by atoms with van der Waals surface area (Å²) in [6.07, 6.45) is 5.89. The third-order valence-electron chi connectivity index (χ3n) is 3.80. The summed E-state index contributed by atoms with van der Waals surface area (Å²) in [6.45, 7) is 3.84. The first kappa shape index (κ1) is 16.9. The molecule has 1 fully saturated rings. The van der Waals surface area contributed by atoms with E-state index < -0.39 is 6.10 Å². The van der Waals surface area contributed by atoms with E-state index >= 15 is 0 Å². The molecule has 8 heteroatoms. The number of likely N-dealkylation sites (tertiary alicyclic amines) is 1. The molecule has 0 saturated carbocycles. The van der Waals surface area contributed by atoms with Crippen LogP contribution < -0.4 is 11.1 Å². The van der Waals surface area contributed by atoms with Gasteiger partial charge in [-0.25, -0.2) is 0 Å². The Bertz CT molecular complexity index is 456. The number of amides is 1. The number of rotatable bonds is 7. The molecule has 0 bridgehead atoms. The Morgan fingerprint density at radius 1 is 1.36 bits per heavy atom. The highest BCUT2D eigenvalue weighted by Gasteiger charge is 2.16. The number of nitrogens with two attached hydrogens (primary N) is 1. The highest BCUT2D eigenvalue weighted by molar-refractivity contribution is 5.91. The molecule has 0 unspecified atom stereocenters. The van der Waals surface area contributed by atoms with Crippen molar-refractivity contribution in [3.05, 3.63) is 11.9 Å². The van der Waals surface area contributed by atoms with Gasteiger partial charge in [-0.2, -0.15) is 0 Å². The summed E-state index contributed by atoms with van der Waals surface area (Å²) >= 11 is 0. The van der Waals surface area contributed by atoms with Gasteiger partial charge in [0.25, 0.3) is 5.91 Å². The van der Waals surface area contributed by atoms with Crippen LogP contribution in [0.25, 0.3) is 0 Å². The van der Waals surface area contributed by atoms with Crippen molar-refractivity contribution < 1.29 is 9.90 Å². The van der Waals surface area contributed by atoms with Crippen molar-refractivity contribution in [2.24, 2.45) is 5.73 Å². The van der Waals surface area contributed by atoms with Gasteiger partial charge in [0.15, 0.2) is 5.69 Å². The summed E-state index contributed by atoms with van der Waals surface area (Å²) in [5, 5.41) is 20.4. The Morgan fingerprint density at radius 2 is 2.09 bits per heavy atom. The normalized spacial score (nSPS) is 17.9. The van der Waals surface area contributed by atoms with Gasteiger partial charge in [-0.05, 0) is 25.9 Å². The lowest BCUT2D eigenvalue weighted by molar-refractivity contribution is 0.0858. The monoisotopic (exact) mass is 310 g/mol. The largest absolute Gasteiger partial charge is 0.390 e. The molecule has 1 aromatic heterocycles. The van der Waals surface area contributed by atoms with Crippen molar-refractivity contribution in [2.45, 2.75) is 38.3 Å². The van der Waals surface area contributed by atoms with E-state index in [2.05, 4.69) is 20.5 Å². The minimum Gasteiger partial charge on any atom is -0.390 e. The van der Waals surface area contributed by atoms with Crippen molar-refractivity contribution in [1.82, 2.24) is 25.2 Å². The van der Waals surface area contributed by atoms with Gasteiger partial charge >= 0.3 is 0 Å². The lowest BCUT2D eigenvalue weighted by Gasteiger charge is -2.23. The van der Waals surface area contributed by atoms with Gasteiger partial charge in [-0.1, -0.05) is 18.1 Å². The fourth-order valence-electron chi connectivity index (χ4n) is 2.63. The minimum atomic E-state index is -0.568. The summed E-state index contributed by atoms with van der Waals surface area (Å²) in [4.78, 5) is 14.2. The van der Waals surface area contributed by atoms with Crippen LogP contribution in [0.3, 0.4) is 0 Å². The zero-order valence-corrected chi connectivity index (χ0v) is 12.9. The average molecular weight is 310 g/mol. The van der Waals surface area contributed by atoms with Crippen LogP contribution in [0.4, 0.5) is 0 Å². The first-order chi connectivity index (χ1) is 10.7. The SMILES string of the molecule is NCCn1cc(C(=O)NC[C@@H](O)CN2CCCCCC2)nn1. The number of hydrogen-bond acceptors (Lipinski definition) is 6. The third kappa shape index (κ3) is 5.36. The molecule has 1 saturated heterocycles. The first-order valence-electron chi connectivity index (χ1n) is 7.98. The molecule has 8 nitrogen and oxygen atoms in total. The predicted octanol–water partition coefficient (Wildman–Crippen LogP) is -0.796. The molecule has 0 spiro atoms.